The Morgan fingerprint density at radius 1 is 0.882 bits per heavy atom. The van der Waals surface area contributed by atoms with Crippen molar-refractivity contribution in [3.05, 3.63) is 0 Å². The molecule has 0 aliphatic carbocycles. The fourth-order valence-electron chi connectivity index (χ4n) is 1.06. The van der Waals surface area contributed by atoms with E-state index in [1.165, 1.54) is 0 Å². The standard InChI is InChI=1S/C13H26O4/c1-11(2,3)16-10(17-12(4,5)6)13(7,8)9(14)15/h10H,1-8H3,(H,14,15). The third-order valence-electron chi connectivity index (χ3n) is 2.06. The third-order valence-corrected chi connectivity index (χ3v) is 2.06. The van der Waals surface area contributed by atoms with E-state index < -0.39 is 28.9 Å². The normalized spacial score (nSPS) is 14.2. The number of carbonyl (C=O) groups is 1. The van der Waals surface area contributed by atoms with Crippen LogP contribution >= 0.6 is 0 Å². The fraction of sp³-hybridized carbons (Fsp3) is 0.923. The van der Waals surface area contributed by atoms with Gasteiger partial charge in [0.2, 0.25) is 0 Å². The number of rotatable bonds is 4. The van der Waals surface area contributed by atoms with Gasteiger partial charge in [0.1, 0.15) is 5.41 Å². The summed E-state index contributed by atoms with van der Waals surface area (Å²) < 4.78 is 11.5. The van der Waals surface area contributed by atoms with E-state index in [1.807, 2.05) is 41.5 Å². The molecule has 0 saturated carbocycles. The highest BCUT2D eigenvalue weighted by Crippen LogP contribution is 2.31. The second-order valence-corrected chi connectivity index (χ2v) is 6.82. The molecule has 0 spiro atoms. The van der Waals surface area contributed by atoms with Crippen molar-refractivity contribution in [1.82, 2.24) is 0 Å². The maximum Gasteiger partial charge on any atom is 0.314 e. The molecule has 0 unspecified atom stereocenters. The van der Waals surface area contributed by atoms with Gasteiger partial charge in [-0.15, -0.1) is 0 Å². The van der Waals surface area contributed by atoms with E-state index in [0.29, 0.717) is 0 Å². The number of ether oxygens (including phenoxy) is 2. The van der Waals surface area contributed by atoms with Crippen LogP contribution in [0, 0.1) is 5.41 Å². The van der Waals surface area contributed by atoms with Crippen molar-refractivity contribution in [3.8, 4) is 0 Å². The Morgan fingerprint density at radius 2 is 1.18 bits per heavy atom. The minimum atomic E-state index is -1.10. The van der Waals surface area contributed by atoms with Gasteiger partial charge >= 0.3 is 5.97 Å². The molecule has 1 N–H and O–H groups in total. The van der Waals surface area contributed by atoms with Crippen LogP contribution in [0.5, 0.6) is 0 Å². The summed E-state index contributed by atoms with van der Waals surface area (Å²) in [6.45, 7) is 14.5. The second kappa shape index (κ2) is 4.94. The number of carboxylic acid groups (broad SMARTS) is 1. The third kappa shape index (κ3) is 6.03. The monoisotopic (exact) mass is 246 g/mol. The van der Waals surface area contributed by atoms with E-state index in [2.05, 4.69) is 0 Å². The molecule has 0 aromatic rings. The average molecular weight is 246 g/mol. The van der Waals surface area contributed by atoms with Crippen LogP contribution in [0.1, 0.15) is 55.4 Å². The zero-order valence-corrected chi connectivity index (χ0v) is 12.2. The quantitative estimate of drug-likeness (QED) is 0.775. The molecule has 0 fully saturated rings. The van der Waals surface area contributed by atoms with Crippen LogP contribution in [0.25, 0.3) is 0 Å². The van der Waals surface area contributed by atoms with Crippen molar-refractivity contribution in [2.75, 3.05) is 0 Å². The van der Waals surface area contributed by atoms with E-state index in [1.54, 1.807) is 13.8 Å². The van der Waals surface area contributed by atoms with Crippen LogP contribution in [0.15, 0.2) is 0 Å². The predicted molar refractivity (Wildman–Crippen MR) is 66.9 cm³/mol. The molecule has 4 nitrogen and oxygen atoms in total. The van der Waals surface area contributed by atoms with Crippen molar-refractivity contribution in [1.29, 1.82) is 0 Å². The first kappa shape index (κ1) is 16.4. The first-order chi connectivity index (χ1) is 7.26. The lowest BCUT2D eigenvalue weighted by Gasteiger charge is -2.39. The highest BCUT2D eigenvalue weighted by molar-refractivity contribution is 5.74. The van der Waals surface area contributed by atoms with Gasteiger partial charge in [-0.1, -0.05) is 0 Å². The summed E-state index contributed by atoms with van der Waals surface area (Å²) in [5.74, 6) is -0.934. The summed E-state index contributed by atoms with van der Waals surface area (Å²) in [7, 11) is 0. The van der Waals surface area contributed by atoms with Gasteiger partial charge in [0, 0.05) is 0 Å². The summed E-state index contributed by atoms with van der Waals surface area (Å²) in [6.07, 6.45) is -0.792. The number of aliphatic carboxylic acids is 1. The molecule has 4 heteroatoms. The Morgan fingerprint density at radius 3 is 1.35 bits per heavy atom. The van der Waals surface area contributed by atoms with E-state index in [0.717, 1.165) is 0 Å². The Kier molecular flexibility index (Phi) is 4.77. The average Bonchev–Trinajstić information content (AvgIpc) is 1.96. The SMILES string of the molecule is CC(C)(C)OC(OC(C)(C)C)C(C)(C)C(=O)O. The zero-order valence-electron chi connectivity index (χ0n) is 12.2. The largest absolute Gasteiger partial charge is 0.481 e. The van der Waals surface area contributed by atoms with E-state index in [4.69, 9.17) is 9.47 Å². The molecular weight excluding hydrogens is 220 g/mol. The van der Waals surface area contributed by atoms with Gasteiger partial charge in [0.05, 0.1) is 11.2 Å². The first-order valence-corrected chi connectivity index (χ1v) is 5.85. The van der Waals surface area contributed by atoms with Gasteiger partial charge in [-0.3, -0.25) is 4.79 Å². The van der Waals surface area contributed by atoms with Crippen molar-refractivity contribution < 1.29 is 19.4 Å². The van der Waals surface area contributed by atoms with Crippen LogP contribution in [0.2, 0.25) is 0 Å². The van der Waals surface area contributed by atoms with E-state index >= 15 is 0 Å². The Hall–Kier alpha value is -0.610. The van der Waals surface area contributed by atoms with Crippen LogP contribution < -0.4 is 0 Å². The molecule has 0 atom stereocenters. The summed E-state index contributed by atoms with van der Waals surface area (Å²) in [6, 6.07) is 0. The minimum absolute atomic E-state index is 0.456. The molecule has 0 aliphatic heterocycles. The fourth-order valence-corrected chi connectivity index (χ4v) is 1.06. The highest BCUT2D eigenvalue weighted by atomic mass is 16.7. The van der Waals surface area contributed by atoms with Gasteiger partial charge in [-0.05, 0) is 55.4 Å². The first-order valence-electron chi connectivity index (χ1n) is 5.85. The van der Waals surface area contributed by atoms with Crippen LogP contribution in [0.4, 0.5) is 0 Å². The molecule has 0 aromatic carbocycles. The number of carboxylic acids is 1. The van der Waals surface area contributed by atoms with Crippen molar-refractivity contribution >= 4 is 5.97 Å². The molecule has 0 rings (SSSR count). The summed E-state index contributed by atoms with van der Waals surface area (Å²) in [5.41, 5.74) is -2.01. The Labute approximate surface area is 104 Å². The molecule has 0 aliphatic rings. The second-order valence-electron chi connectivity index (χ2n) is 6.82. The molecule has 102 valence electrons. The minimum Gasteiger partial charge on any atom is -0.481 e. The number of hydrogen-bond acceptors (Lipinski definition) is 3. The van der Waals surface area contributed by atoms with Gasteiger partial charge in [0.25, 0.3) is 0 Å². The van der Waals surface area contributed by atoms with Crippen molar-refractivity contribution in [3.63, 3.8) is 0 Å². The molecule has 0 radical (unpaired) electrons. The maximum absolute atomic E-state index is 11.3. The Bertz CT molecular complexity index is 252. The lowest BCUT2D eigenvalue weighted by Crippen LogP contribution is -2.47. The molecular formula is C13H26O4. The molecule has 0 aromatic heterocycles. The highest BCUT2D eigenvalue weighted by Gasteiger charge is 2.42. The molecule has 0 amide bonds. The van der Waals surface area contributed by atoms with Gasteiger partial charge in [-0.25, -0.2) is 0 Å². The maximum atomic E-state index is 11.3. The molecule has 0 heterocycles. The van der Waals surface area contributed by atoms with Crippen molar-refractivity contribution in [2.24, 2.45) is 5.41 Å². The van der Waals surface area contributed by atoms with Gasteiger partial charge in [-0.2, -0.15) is 0 Å². The summed E-state index contributed by atoms with van der Waals surface area (Å²) >= 11 is 0. The number of hydrogen-bond donors (Lipinski definition) is 1. The molecule has 0 saturated heterocycles. The molecule has 17 heavy (non-hydrogen) atoms. The van der Waals surface area contributed by atoms with Gasteiger partial charge < -0.3 is 14.6 Å². The Balaban J connectivity index is 5.05. The lowest BCUT2D eigenvalue weighted by atomic mass is 9.92. The summed E-state index contributed by atoms with van der Waals surface area (Å²) in [5, 5.41) is 9.25. The van der Waals surface area contributed by atoms with E-state index in [-0.39, 0.29) is 0 Å². The lowest BCUT2D eigenvalue weighted by molar-refractivity contribution is -0.273. The van der Waals surface area contributed by atoms with Crippen LogP contribution in [0.3, 0.4) is 0 Å². The molecule has 0 bridgehead atoms. The van der Waals surface area contributed by atoms with Gasteiger partial charge in [0.15, 0.2) is 6.29 Å². The van der Waals surface area contributed by atoms with Crippen LogP contribution in [-0.2, 0) is 14.3 Å². The topological polar surface area (TPSA) is 55.8 Å². The van der Waals surface area contributed by atoms with Crippen molar-refractivity contribution in [2.45, 2.75) is 72.9 Å². The predicted octanol–water partition coefficient (Wildman–Crippen LogP) is 3.05. The zero-order chi connectivity index (χ0) is 14.1. The smallest absolute Gasteiger partial charge is 0.314 e. The van der Waals surface area contributed by atoms with E-state index in [9.17, 15) is 9.90 Å². The van der Waals surface area contributed by atoms with Crippen LogP contribution in [-0.4, -0.2) is 28.6 Å². The summed E-state index contributed by atoms with van der Waals surface area (Å²) in [4.78, 5) is 11.3.